The fourth-order valence-corrected chi connectivity index (χ4v) is 2.61. The lowest BCUT2D eigenvalue weighted by molar-refractivity contribution is 0.589. The van der Waals surface area contributed by atoms with E-state index < -0.39 is 17.2 Å². The van der Waals surface area contributed by atoms with Crippen LogP contribution in [0.5, 0.6) is 0 Å². The zero-order valence-corrected chi connectivity index (χ0v) is 12.8. The van der Waals surface area contributed by atoms with Crippen LogP contribution in [-0.4, -0.2) is 10.2 Å². The van der Waals surface area contributed by atoms with Gasteiger partial charge in [-0.1, -0.05) is 29.8 Å². The van der Waals surface area contributed by atoms with E-state index in [1.54, 1.807) is 31.2 Å². The molecule has 0 bridgehead atoms. The largest absolute Gasteiger partial charge is 0.272 e. The van der Waals surface area contributed by atoms with Gasteiger partial charge in [-0.15, -0.1) is 0 Å². The van der Waals surface area contributed by atoms with Gasteiger partial charge in [0.05, 0.1) is 16.8 Å². The number of nitrogens with zero attached hydrogens (tertiary/aromatic N) is 1. The molecule has 0 atom stereocenters. The van der Waals surface area contributed by atoms with E-state index in [2.05, 4.69) is 10.2 Å². The summed E-state index contributed by atoms with van der Waals surface area (Å²) in [5.41, 5.74) is 0.298. The second-order valence-corrected chi connectivity index (χ2v) is 5.43. The van der Waals surface area contributed by atoms with E-state index in [-0.39, 0.29) is 11.1 Å². The Bertz CT molecular complexity index is 916. The van der Waals surface area contributed by atoms with Crippen molar-refractivity contribution < 1.29 is 8.78 Å². The first-order chi connectivity index (χ1) is 11.0. The minimum absolute atomic E-state index is 0.0876. The first kappa shape index (κ1) is 15.4. The van der Waals surface area contributed by atoms with Gasteiger partial charge in [-0.2, -0.15) is 5.10 Å². The minimum atomic E-state index is -0.809. The molecular formula is C17H11ClF2N2O. The van der Waals surface area contributed by atoms with Gasteiger partial charge in [0, 0.05) is 10.6 Å². The maximum absolute atomic E-state index is 14.2. The van der Waals surface area contributed by atoms with Crippen LogP contribution < -0.4 is 5.56 Å². The maximum atomic E-state index is 14.2. The molecule has 6 heteroatoms. The fourth-order valence-electron chi connectivity index (χ4n) is 2.49. The van der Waals surface area contributed by atoms with Crippen molar-refractivity contribution in [2.75, 3.05) is 0 Å². The summed E-state index contributed by atoms with van der Waals surface area (Å²) < 4.78 is 28.3. The van der Waals surface area contributed by atoms with Crippen molar-refractivity contribution >= 4 is 11.6 Å². The third-order valence-electron chi connectivity index (χ3n) is 3.51. The van der Waals surface area contributed by atoms with Crippen LogP contribution in [-0.2, 0) is 0 Å². The van der Waals surface area contributed by atoms with Crippen LogP contribution in [0.25, 0.3) is 22.3 Å². The molecule has 3 aromatic rings. The number of hydrogen-bond acceptors (Lipinski definition) is 2. The number of aromatic amines is 1. The summed E-state index contributed by atoms with van der Waals surface area (Å²) in [6, 6.07) is 10.1. The van der Waals surface area contributed by atoms with E-state index >= 15 is 0 Å². The molecule has 1 aromatic heterocycles. The molecule has 1 heterocycles. The molecule has 0 radical (unpaired) electrons. The van der Waals surface area contributed by atoms with Gasteiger partial charge in [0.15, 0.2) is 0 Å². The Morgan fingerprint density at radius 3 is 2.17 bits per heavy atom. The summed E-state index contributed by atoms with van der Waals surface area (Å²) in [5.74, 6) is -1.62. The average molecular weight is 333 g/mol. The molecule has 23 heavy (non-hydrogen) atoms. The zero-order valence-electron chi connectivity index (χ0n) is 12.0. The summed E-state index contributed by atoms with van der Waals surface area (Å²) in [6.07, 6.45) is 0. The number of aryl methyl sites for hydroxylation is 1. The van der Waals surface area contributed by atoms with E-state index in [1.807, 2.05) is 0 Å². The fraction of sp³-hybridized carbons (Fsp3) is 0.0588. The van der Waals surface area contributed by atoms with Crippen molar-refractivity contribution in [2.45, 2.75) is 6.92 Å². The maximum Gasteiger partial charge on any atom is 0.272 e. The molecule has 0 unspecified atom stereocenters. The van der Waals surface area contributed by atoms with Gasteiger partial charge in [-0.3, -0.25) is 4.79 Å². The number of benzene rings is 2. The molecule has 3 rings (SSSR count). The standard InChI is InChI=1S/C17H11ClF2N2O/c1-9-14(10-5-7-11(18)8-6-10)16(17(23)22-21-9)15-12(19)3-2-4-13(15)20/h2-8H,1H3,(H,22,23). The van der Waals surface area contributed by atoms with Crippen LogP contribution in [0.2, 0.25) is 5.02 Å². The van der Waals surface area contributed by atoms with Gasteiger partial charge in [-0.05, 0) is 36.8 Å². The van der Waals surface area contributed by atoms with Crippen molar-refractivity contribution in [3.05, 3.63) is 75.2 Å². The molecule has 0 saturated carbocycles. The van der Waals surface area contributed by atoms with E-state index in [0.717, 1.165) is 12.1 Å². The first-order valence-electron chi connectivity index (χ1n) is 6.78. The predicted molar refractivity (Wildman–Crippen MR) is 85.4 cm³/mol. The van der Waals surface area contributed by atoms with E-state index in [0.29, 0.717) is 21.8 Å². The van der Waals surface area contributed by atoms with E-state index in [9.17, 15) is 13.6 Å². The lowest BCUT2D eigenvalue weighted by Gasteiger charge is -2.13. The average Bonchev–Trinajstić information content (AvgIpc) is 2.52. The van der Waals surface area contributed by atoms with Gasteiger partial charge in [0.2, 0.25) is 0 Å². The lowest BCUT2D eigenvalue weighted by Crippen LogP contribution is -2.15. The van der Waals surface area contributed by atoms with Crippen molar-refractivity contribution in [1.82, 2.24) is 10.2 Å². The molecule has 0 amide bonds. The summed E-state index contributed by atoms with van der Waals surface area (Å²) in [4.78, 5) is 12.3. The Morgan fingerprint density at radius 1 is 0.957 bits per heavy atom. The van der Waals surface area contributed by atoms with Gasteiger partial charge in [0.1, 0.15) is 11.6 Å². The number of hydrogen-bond donors (Lipinski definition) is 1. The molecule has 3 nitrogen and oxygen atoms in total. The quantitative estimate of drug-likeness (QED) is 0.758. The van der Waals surface area contributed by atoms with Crippen molar-refractivity contribution in [3.8, 4) is 22.3 Å². The number of nitrogens with one attached hydrogen (secondary N) is 1. The Balaban J connectivity index is 2.40. The van der Waals surface area contributed by atoms with E-state index in [1.165, 1.54) is 6.07 Å². The molecule has 0 aliphatic carbocycles. The second-order valence-electron chi connectivity index (χ2n) is 4.99. The van der Waals surface area contributed by atoms with Gasteiger partial charge >= 0.3 is 0 Å². The van der Waals surface area contributed by atoms with Crippen LogP contribution in [0.4, 0.5) is 8.78 Å². The highest BCUT2D eigenvalue weighted by molar-refractivity contribution is 6.30. The summed E-state index contributed by atoms with van der Waals surface area (Å²) in [7, 11) is 0. The highest BCUT2D eigenvalue weighted by Crippen LogP contribution is 2.34. The van der Waals surface area contributed by atoms with Crippen LogP contribution in [0.1, 0.15) is 5.69 Å². The van der Waals surface area contributed by atoms with Crippen molar-refractivity contribution in [2.24, 2.45) is 0 Å². The SMILES string of the molecule is Cc1n[nH]c(=O)c(-c2c(F)cccc2F)c1-c1ccc(Cl)cc1. The van der Waals surface area contributed by atoms with Crippen LogP contribution in [0, 0.1) is 18.6 Å². The Morgan fingerprint density at radius 2 is 1.57 bits per heavy atom. The van der Waals surface area contributed by atoms with E-state index in [4.69, 9.17) is 11.6 Å². The Kier molecular flexibility index (Phi) is 3.96. The van der Waals surface area contributed by atoms with Crippen molar-refractivity contribution in [3.63, 3.8) is 0 Å². The third kappa shape index (κ3) is 2.75. The lowest BCUT2D eigenvalue weighted by atomic mass is 9.94. The Labute approximate surface area is 135 Å². The molecule has 0 saturated heterocycles. The number of rotatable bonds is 2. The topological polar surface area (TPSA) is 45.8 Å². The molecular weight excluding hydrogens is 322 g/mol. The first-order valence-corrected chi connectivity index (χ1v) is 7.16. The predicted octanol–water partition coefficient (Wildman–Crippen LogP) is 4.34. The third-order valence-corrected chi connectivity index (χ3v) is 3.76. The normalized spacial score (nSPS) is 10.8. The van der Waals surface area contributed by atoms with Gasteiger partial charge < -0.3 is 0 Å². The second kappa shape index (κ2) is 5.93. The van der Waals surface area contributed by atoms with Crippen LogP contribution in [0.3, 0.4) is 0 Å². The minimum Gasteiger partial charge on any atom is -0.267 e. The number of H-pyrrole nitrogens is 1. The number of aromatic nitrogens is 2. The highest BCUT2D eigenvalue weighted by Gasteiger charge is 2.21. The summed E-state index contributed by atoms with van der Waals surface area (Å²) in [6.45, 7) is 1.65. The van der Waals surface area contributed by atoms with Crippen LogP contribution in [0.15, 0.2) is 47.3 Å². The molecule has 0 spiro atoms. The Hall–Kier alpha value is -2.53. The molecule has 0 aliphatic rings. The molecule has 2 aromatic carbocycles. The molecule has 116 valence electrons. The van der Waals surface area contributed by atoms with Gasteiger partial charge in [-0.25, -0.2) is 13.9 Å². The molecule has 0 fully saturated rings. The van der Waals surface area contributed by atoms with Gasteiger partial charge in [0.25, 0.3) is 5.56 Å². The highest BCUT2D eigenvalue weighted by atomic mass is 35.5. The van der Waals surface area contributed by atoms with Crippen molar-refractivity contribution in [1.29, 1.82) is 0 Å². The number of halogens is 3. The van der Waals surface area contributed by atoms with Crippen LogP contribution >= 0.6 is 11.6 Å². The smallest absolute Gasteiger partial charge is 0.267 e. The monoisotopic (exact) mass is 332 g/mol. The molecule has 1 N–H and O–H groups in total. The molecule has 0 aliphatic heterocycles. The summed E-state index contributed by atoms with van der Waals surface area (Å²) >= 11 is 5.87. The zero-order chi connectivity index (χ0) is 16.6. The summed E-state index contributed by atoms with van der Waals surface area (Å²) in [5, 5.41) is 6.70.